The second kappa shape index (κ2) is 5.32. The summed E-state index contributed by atoms with van der Waals surface area (Å²) in [6.45, 7) is 2.44. The van der Waals surface area contributed by atoms with Crippen LogP contribution >= 0.6 is 0 Å². The Morgan fingerprint density at radius 3 is 2.43 bits per heavy atom. The lowest BCUT2D eigenvalue weighted by Gasteiger charge is -2.34. The highest BCUT2D eigenvalue weighted by molar-refractivity contribution is 5.71. The van der Waals surface area contributed by atoms with E-state index in [4.69, 9.17) is 0 Å². The highest BCUT2D eigenvalue weighted by Gasteiger charge is 2.21. The maximum absolute atomic E-state index is 11.0. The molecule has 4 nitrogen and oxygen atoms in total. The molecule has 14 heavy (non-hydrogen) atoms. The predicted molar refractivity (Wildman–Crippen MR) is 55.2 cm³/mol. The number of methoxy groups -OCH3 is 1. The van der Waals surface area contributed by atoms with Gasteiger partial charge in [0.2, 0.25) is 0 Å². The Bertz CT molecular complexity index is 187. The van der Waals surface area contributed by atoms with E-state index in [9.17, 15) is 4.79 Å². The molecule has 1 aliphatic heterocycles. The van der Waals surface area contributed by atoms with E-state index in [0.29, 0.717) is 12.6 Å². The van der Waals surface area contributed by atoms with E-state index >= 15 is 0 Å². The molecule has 0 aromatic carbocycles. The number of carbonyl (C=O) groups excluding carboxylic acids is 1. The van der Waals surface area contributed by atoms with Crippen molar-refractivity contribution in [1.82, 2.24) is 9.80 Å². The number of ether oxygens (including phenoxy) is 1. The Kier molecular flexibility index (Phi) is 4.35. The van der Waals surface area contributed by atoms with Gasteiger partial charge in [-0.2, -0.15) is 0 Å². The van der Waals surface area contributed by atoms with Gasteiger partial charge in [0, 0.05) is 19.1 Å². The molecule has 0 aromatic heterocycles. The minimum Gasteiger partial charge on any atom is -0.468 e. The second-order valence-electron chi connectivity index (χ2n) is 4.05. The van der Waals surface area contributed by atoms with Gasteiger partial charge in [-0.25, -0.2) is 0 Å². The summed E-state index contributed by atoms with van der Waals surface area (Å²) >= 11 is 0. The number of piperidine rings is 1. The van der Waals surface area contributed by atoms with Crippen LogP contribution in [0.5, 0.6) is 0 Å². The van der Waals surface area contributed by atoms with E-state index < -0.39 is 0 Å². The summed E-state index contributed by atoms with van der Waals surface area (Å²) in [7, 11) is 5.66. The first-order chi connectivity index (χ1) is 6.63. The van der Waals surface area contributed by atoms with Crippen molar-refractivity contribution in [2.75, 3.05) is 40.8 Å². The largest absolute Gasteiger partial charge is 0.468 e. The third-order valence-electron chi connectivity index (χ3n) is 2.87. The van der Waals surface area contributed by atoms with Gasteiger partial charge >= 0.3 is 5.97 Å². The van der Waals surface area contributed by atoms with Crippen LogP contribution < -0.4 is 0 Å². The molecule has 1 saturated heterocycles. The number of esters is 1. The summed E-state index contributed by atoms with van der Waals surface area (Å²) in [6.07, 6.45) is 2.29. The Balaban J connectivity index is 2.25. The van der Waals surface area contributed by atoms with Gasteiger partial charge in [0.25, 0.3) is 0 Å². The summed E-state index contributed by atoms with van der Waals surface area (Å²) in [6, 6.07) is 0.670. The summed E-state index contributed by atoms with van der Waals surface area (Å²) in [5.41, 5.74) is 0. The first-order valence-electron chi connectivity index (χ1n) is 5.09. The standard InChI is InChI=1S/C10H20N2O2/c1-11(2)9-4-6-12(7-5-9)8-10(13)14-3/h9H,4-8H2,1-3H3. The highest BCUT2D eigenvalue weighted by Crippen LogP contribution is 2.13. The molecule has 0 aromatic rings. The van der Waals surface area contributed by atoms with Crippen LogP contribution in [0.4, 0.5) is 0 Å². The lowest BCUT2D eigenvalue weighted by molar-refractivity contribution is -0.142. The van der Waals surface area contributed by atoms with Crippen LogP contribution in [0.25, 0.3) is 0 Å². The van der Waals surface area contributed by atoms with E-state index in [0.717, 1.165) is 25.9 Å². The molecule has 4 heteroatoms. The molecule has 0 N–H and O–H groups in total. The van der Waals surface area contributed by atoms with Crippen molar-refractivity contribution in [3.05, 3.63) is 0 Å². The molecule has 0 bridgehead atoms. The minimum atomic E-state index is -0.131. The number of rotatable bonds is 3. The third kappa shape index (κ3) is 3.27. The van der Waals surface area contributed by atoms with Gasteiger partial charge in [0.05, 0.1) is 13.7 Å². The number of carbonyl (C=O) groups is 1. The lowest BCUT2D eigenvalue weighted by atomic mass is 10.0. The first-order valence-corrected chi connectivity index (χ1v) is 5.09. The third-order valence-corrected chi connectivity index (χ3v) is 2.87. The van der Waals surface area contributed by atoms with Crippen LogP contribution in [0.2, 0.25) is 0 Å². The summed E-state index contributed by atoms with van der Waals surface area (Å²) in [5.74, 6) is -0.131. The predicted octanol–water partition coefficient (Wildman–Crippen LogP) is 0.185. The van der Waals surface area contributed by atoms with Crippen LogP contribution in [-0.4, -0.2) is 62.7 Å². The van der Waals surface area contributed by atoms with Gasteiger partial charge in [-0.1, -0.05) is 0 Å². The monoisotopic (exact) mass is 200 g/mol. The van der Waals surface area contributed by atoms with Crippen molar-refractivity contribution in [3.63, 3.8) is 0 Å². The topological polar surface area (TPSA) is 32.8 Å². The SMILES string of the molecule is COC(=O)CN1CCC(N(C)C)CC1. The van der Waals surface area contributed by atoms with Crippen LogP contribution in [0, 0.1) is 0 Å². The number of hydrogen-bond acceptors (Lipinski definition) is 4. The molecule has 1 heterocycles. The van der Waals surface area contributed by atoms with Gasteiger partial charge < -0.3 is 9.64 Å². The summed E-state index contributed by atoms with van der Waals surface area (Å²) in [4.78, 5) is 15.4. The summed E-state index contributed by atoms with van der Waals surface area (Å²) < 4.78 is 4.64. The average molecular weight is 200 g/mol. The molecule has 0 amide bonds. The molecule has 1 fully saturated rings. The van der Waals surface area contributed by atoms with Crippen LogP contribution in [0.15, 0.2) is 0 Å². The van der Waals surface area contributed by atoms with Gasteiger partial charge in [-0.3, -0.25) is 9.69 Å². The molecule has 0 aliphatic carbocycles. The van der Waals surface area contributed by atoms with E-state index in [1.807, 2.05) is 0 Å². The van der Waals surface area contributed by atoms with Crippen molar-refractivity contribution in [2.45, 2.75) is 18.9 Å². The van der Waals surface area contributed by atoms with Gasteiger partial charge in [0.15, 0.2) is 0 Å². The Morgan fingerprint density at radius 2 is 2.00 bits per heavy atom. The Morgan fingerprint density at radius 1 is 1.43 bits per heavy atom. The van der Waals surface area contributed by atoms with Crippen molar-refractivity contribution >= 4 is 5.97 Å². The molecular weight excluding hydrogens is 180 g/mol. The molecule has 0 saturated carbocycles. The fourth-order valence-electron chi connectivity index (χ4n) is 1.84. The zero-order valence-corrected chi connectivity index (χ0v) is 9.32. The molecule has 1 rings (SSSR count). The van der Waals surface area contributed by atoms with Gasteiger partial charge in [0.1, 0.15) is 0 Å². The highest BCUT2D eigenvalue weighted by atomic mass is 16.5. The normalized spacial score (nSPS) is 20.0. The fraction of sp³-hybridized carbons (Fsp3) is 0.900. The molecule has 82 valence electrons. The van der Waals surface area contributed by atoms with Gasteiger partial charge in [-0.05, 0) is 26.9 Å². The molecule has 0 unspecified atom stereocenters. The van der Waals surface area contributed by atoms with E-state index in [2.05, 4.69) is 28.6 Å². The van der Waals surface area contributed by atoms with Crippen LogP contribution in [0.3, 0.4) is 0 Å². The van der Waals surface area contributed by atoms with E-state index in [-0.39, 0.29) is 5.97 Å². The molecular formula is C10H20N2O2. The second-order valence-corrected chi connectivity index (χ2v) is 4.05. The molecule has 0 atom stereocenters. The van der Waals surface area contributed by atoms with Crippen molar-refractivity contribution in [2.24, 2.45) is 0 Å². The molecule has 1 aliphatic rings. The fourth-order valence-corrected chi connectivity index (χ4v) is 1.84. The van der Waals surface area contributed by atoms with Crippen LogP contribution in [0.1, 0.15) is 12.8 Å². The zero-order valence-electron chi connectivity index (χ0n) is 9.32. The maximum atomic E-state index is 11.0. The Labute approximate surface area is 85.8 Å². The summed E-state index contributed by atoms with van der Waals surface area (Å²) in [5, 5.41) is 0. The minimum absolute atomic E-state index is 0.131. The number of hydrogen-bond donors (Lipinski definition) is 0. The zero-order chi connectivity index (χ0) is 10.6. The van der Waals surface area contributed by atoms with Crippen LogP contribution in [-0.2, 0) is 9.53 Å². The van der Waals surface area contributed by atoms with E-state index in [1.165, 1.54) is 7.11 Å². The Hall–Kier alpha value is -0.610. The van der Waals surface area contributed by atoms with E-state index in [1.54, 1.807) is 0 Å². The maximum Gasteiger partial charge on any atom is 0.319 e. The number of likely N-dealkylation sites (tertiary alicyclic amines) is 1. The quantitative estimate of drug-likeness (QED) is 0.609. The molecule has 0 radical (unpaired) electrons. The lowest BCUT2D eigenvalue weighted by Crippen LogP contribution is -2.43. The van der Waals surface area contributed by atoms with Gasteiger partial charge in [-0.15, -0.1) is 0 Å². The first kappa shape index (κ1) is 11.5. The number of nitrogens with zero attached hydrogens (tertiary/aromatic N) is 2. The van der Waals surface area contributed by atoms with Crippen molar-refractivity contribution < 1.29 is 9.53 Å². The van der Waals surface area contributed by atoms with Crippen molar-refractivity contribution in [1.29, 1.82) is 0 Å². The van der Waals surface area contributed by atoms with Crippen molar-refractivity contribution in [3.8, 4) is 0 Å². The molecule has 0 spiro atoms. The smallest absolute Gasteiger partial charge is 0.319 e. The average Bonchev–Trinajstić information content (AvgIpc) is 2.18.